The van der Waals surface area contributed by atoms with E-state index in [4.69, 9.17) is 4.74 Å². The molecule has 2 heteroatoms. The molecule has 0 amide bonds. The van der Waals surface area contributed by atoms with Gasteiger partial charge >= 0.3 is 0 Å². The summed E-state index contributed by atoms with van der Waals surface area (Å²) in [5.74, 6) is 0.871. The topological polar surface area (TPSA) is 26.3 Å². The van der Waals surface area contributed by atoms with Gasteiger partial charge in [0, 0.05) is 12.5 Å². The molecule has 2 nitrogen and oxygen atoms in total. The Bertz CT molecular complexity index is 169. The summed E-state index contributed by atoms with van der Waals surface area (Å²) < 4.78 is 5.46. The first-order valence-corrected chi connectivity index (χ1v) is 5.28. The van der Waals surface area contributed by atoms with E-state index in [0.717, 1.165) is 25.9 Å². The number of ketones is 1. The van der Waals surface area contributed by atoms with Crippen molar-refractivity contribution in [3.05, 3.63) is 0 Å². The maximum absolute atomic E-state index is 11.8. The highest BCUT2D eigenvalue weighted by molar-refractivity contribution is 5.85. The van der Waals surface area contributed by atoms with Crippen LogP contribution in [0.5, 0.6) is 0 Å². The zero-order valence-electron chi connectivity index (χ0n) is 8.88. The molecule has 0 aliphatic carbocycles. The molecule has 0 aromatic heterocycles. The van der Waals surface area contributed by atoms with Crippen molar-refractivity contribution in [2.75, 3.05) is 6.61 Å². The van der Waals surface area contributed by atoms with Crippen molar-refractivity contribution >= 4 is 5.78 Å². The van der Waals surface area contributed by atoms with Crippen molar-refractivity contribution in [1.29, 1.82) is 0 Å². The van der Waals surface area contributed by atoms with Crippen molar-refractivity contribution < 1.29 is 9.53 Å². The Hall–Kier alpha value is -0.370. The third kappa shape index (κ3) is 2.80. The Morgan fingerprint density at radius 1 is 1.31 bits per heavy atom. The Balaban J connectivity index is 2.45. The Morgan fingerprint density at radius 3 is 2.46 bits per heavy atom. The molecule has 1 aliphatic heterocycles. The van der Waals surface area contributed by atoms with E-state index in [0.29, 0.717) is 11.7 Å². The zero-order valence-corrected chi connectivity index (χ0v) is 8.88. The summed E-state index contributed by atoms with van der Waals surface area (Å²) in [6.45, 7) is 6.95. The molecule has 0 spiro atoms. The Kier molecular flexibility index (Phi) is 3.91. The van der Waals surface area contributed by atoms with Gasteiger partial charge in [-0.05, 0) is 25.2 Å². The lowest BCUT2D eigenvalue weighted by molar-refractivity contribution is -0.138. The van der Waals surface area contributed by atoms with Crippen LogP contribution in [0.3, 0.4) is 0 Å². The standard InChI is InChI=1S/C11H20O2/c1-8(2)9(3)11(12)10-6-4-5-7-13-10/h8-10H,4-7H2,1-3H3. The van der Waals surface area contributed by atoms with Crippen LogP contribution in [0.2, 0.25) is 0 Å². The second kappa shape index (κ2) is 4.75. The molecule has 1 saturated heterocycles. The molecule has 1 heterocycles. The van der Waals surface area contributed by atoms with Gasteiger partial charge in [0.2, 0.25) is 0 Å². The smallest absolute Gasteiger partial charge is 0.164 e. The highest BCUT2D eigenvalue weighted by Gasteiger charge is 2.27. The monoisotopic (exact) mass is 184 g/mol. The summed E-state index contributed by atoms with van der Waals surface area (Å²) >= 11 is 0. The van der Waals surface area contributed by atoms with Crippen LogP contribution in [-0.4, -0.2) is 18.5 Å². The summed E-state index contributed by atoms with van der Waals surface area (Å²) in [4.78, 5) is 11.8. The van der Waals surface area contributed by atoms with Crippen molar-refractivity contribution in [2.24, 2.45) is 11.8 Å². The molecule has 2 unspecified atom stereocenters. The quantitative estimate of drug-likeness (QED) is 0.673. The first-order valence-electron chi connectivity index (χ1n) is 5.28. The fourth-order valence-corrected chi connectivity index (χ4v) is 1.59. The predicted molar refractivity (Wildman–Crippen MR) is 52.6 cm³/mol. The zero-order chi connectivity index (χ0) is 9.84. The molecule has 0 bridgehead atoms. The van der Waals surface area contributed by atoms with Gasteiger partial charge in [-0.3, -0.25) is 4.79 Å². The number of rotatable bonds is 3. The van der Waals surface area contributed by atoms with Crippen molar-refractivity contribution in [1.82, 2.24) is 0 Å². The summed E-state index contributed by atoms with van der Waals surface area (Å²) in [6, 6.07) is 0. The fourth-order valence-electron chi connectivity index (χ4n) is 1.59. The van der Waals surface area contributed by atoms with Crippen LogP contribution in [-0.2, 0) is 9.53 Å². The molecule has 1 rings (SSSR count). The van der Waals surface area contributed by atoms with Crippen LogP contribution in [0, 0.1) is 11.8 Å². The first-order chi connectivity index (χ1) is 6.13. The van der Waals surface area contributed by atoms with Crippen LogP contribution in [0.1, 0.15) is 40.0 Å². The lowest BCUT2D eigenvalue weighted by Crippen LogP contribution is -2.34. The van der Waals surface area contributed by atoms with Gasteiger partial charge in [-0.2, -0.15) is 0 Å². The van der Waals surface area contributed by atoms with Gasteiger partial charge in [0.1, 0.15) is 6.10 Å². The SMILES string of the molecule is CC(C)C(C)C(=O)C1CCCCO1. The van der Waals surface area contributed by atoms with Crippen LogP contribution in [0.25, 0.3) is 0 Å². The molecule has 1 fully saturated rings. The third-order valence-corrected chi connectivity index (χ3v) is 2.95. The number of hydrogen-bond donors (Lipinski definition) is 0. The number of hydrogen-bond acceptors (Lipinski definition) is 2. The largest absolute Gasteiger partial charge is 0.370 e. The van der Waals surface area contributed by atoms with E-state index in [2.05, 4.69) is 13.8 Å². The van der Waals surface area contributed by atoms with Crippen LogP contribution < -0.4 is 0 Å². The molecule has 76 valence electrons. The summed E-state index contributed by atoms with van der Waals surface area (Å²) in [6.07, 6.45) is 3.07. The first kappa shape index (κ1) is 10.7. The maximum Gasteiger partial charge on any atom is 0.164 e. The molecule has 0 aromatic rings. The van der Waals surface area contributed by atoms with E-state index in [1.807, 2.05) is 6.92 Å². The molecule has 0 saturated carbocycles. The second-order valence-corrected chi connectivity index (χ2v) is 4.29. The fraction of sp³-hybridized carbons (Fsp3) is 0.909. The Labute approximate surface area is 80.7 Å². The normalized spacial score (nSPS) is 26.0. The number of ether oxygens (including phenoxy) is 1. The lowest BCUT2D eigenvalue weighted by Gasteiger charge is -2.25. The highest BCUT2D eigenvalue weighted by Crippen LogP contribution is 2.20. The molecule has 0 radical (unpaired) electrons. The summed E-state index contributed by atoms with van der Waals surface area (Å²) in [5, 5.41) is 0. The van der Waals surface area contributed by atoms with E-state index in [-0.39, 0.29) is 12.0 Å². The van der Waals surface area contributed by atoms with E-state index in [1.165, 1.54) is 0 Å². The maximum atomic E-state index is 11.8. The summed E-state index contributed by atoms with van der Waals surface area (Å²) in [7, 11) is 0. The van der Waals surface area contributed by atoms with Crippen LogP contribution in [0.15, 0.2) is 0 Å². The Morgan fingerprint density at radius 2 is 2.00 bits per heavy atom. The molecule has 13 heavy (non-hydrogen) atoms. The molecule has 2 atom stereocenters. The van der Waals surface area contributed by atoms with E-state index >= 15 is 0 Å². The number of Topliss-reactive ketones (excluding diaryl/α,β-unsaturated/α-hetero) is 1. The third-order valence-electron chi connectivity index (χ3n) is 2.95. The summed E-state index contributed by atoms with van der Waals surface area (Å²) in [5.41, 5.74) is 0. The van der Waals surface area contributed by atoms with Crippen LogP contribution in [0.4, 0.5) is 0 Å². The molecule has 0 N–H and O–H groups in total. The van der Waals surface area contributed by atoms with Gasteiger partial charge in [-0.25, -0.2) is 0 Å². The van der Waals surface area contributed by atoms with Gasteiger partial charge in [0.05, 0.1) is 0 Å². The number of carbonyl (C=O) groups excluding carboxylic acids is 1. The van der Waals surface area contributed by atoms with E-state index < -0.39 is 0 Å². The minimum atomic E-state index is -0.105. The van der Waals surface area contributed by atoms with E-state index in [9.17, 15) is 4.79 Å². The second-order valence-electron chi connectivity index (χ2n) is 4.29. The van der Waals surface area contributed by atoms with Crippen LogP contribution >= 0.6 is 0 Å². The van der Waals surface area contributed by atoms with Crippen molar-refractivity contribution in [2.45, 2.75) is 46.1 Å². The van der Waals surface area contributed by atoms with Gasteiger partial charge in [-0.1, -0.05) is 20.8 Å². The van der Waals surface area contributed by atoms with Gasteiger partial charge in [-0.15, -0.1) is 0 Å². The molecule has 0 aromatic carbocycles. The predicted octanol–water partition coefficient (Wildman–Crippen LogP) is 2.42. The molecular formula is C11H20O2. The van der Waals surface area contributed by atoms with E-state index in [1.54, 1.807) is 0 Å². The van der Waals surface area contributed by atoms with Gasteiger partial charge in [0.25, 0.3) is 0 Å². The minimum Gasteiger partial charge on any atom is -0.370 e. The average molecular weight is 184 g/mol. The molecule has 1 aliphatic rings. The van der Waals surface area contributed by atoms with Crippen molar-refractivity contribution in [3.8, 4) is 0 Å². The van der Waals surface area contributed by atoms with Gasteiger partial charge in [0.15, 0.2) is 5.78 Å². The van der Waals surface area contributed by atoms with Gasteiger partial charge < -0.3 is 4.74 Å². The van der Waals surface area contributed by atoms with Crippen molar-refractivity contribution in [3.63, 3.8) is 0 Å². The molecular weight excluding hydrogens is 164 g/mol. The number of carbonyl (C=O) groups is 1. The lowest BCUT2D eigenvalue weighted by atomic mass is 9.88. The minimum absolute atomic E-state index is 0.105. The average Bonchev–Trinajstić information content (AvgIpc) is 2.17. The highest BCUT2D eigenvalue weighted by atomic mass is 16.5.